The zero-order chi connectivity index (χ0) is 19.8. The number of hydrogen-bond donors (Lipinski definition) is 1. The Labute approximate surface area is 168 Å². The summed E-state index contributed by atoms with van der Waals surface area (Å²) in [6, 6.07) is 12.5. The van der Waals surface area contributed by atoms with E-state index in [-0.39, 0.29) is 4.90 Å². The van der Waals surface area contributed by atoms with Gasteiger partial charge in [-0.2, -0.15) is 4.31 Å². The second-order valence-corrected chi connectivity index (χ2v) is 9.15. The highest BCUT2D eigenvalue weighted by molar-refractivity contribution is 7.89. The normalized spacial score (nSPS) is 18.2. The van der Waals surface area contributed by atoms with E-state index in [1.54, 1.807) is 18.2 Å². The number of benzene rings is 2. The third-order valence-corrected chi connectivity index (χ3v) is 7.21. The molecule has 1 aromatic heterocycles. The van der Waals surface area contributed by atoms with Crippen LogP contribution in [0.3, 0.4) is 0 Å². The van der Waals surface area contributed by atoms with E-state index in [1.807, 2.05) is 24.3 Å². The number of sulfonamides is 1. The predicted octanol–water partition coefficient (Wildman–Crippen LogP) is 0.688. The number of aromatic nitrogens is 1. The van der Waals surface area contributed by atoms with E-state index >= 15 is 0 Å². The van der Waals surface area contributed by atoms with Gasteiger partial charge in [0.25, 0.3) is 5.89 Å². The fourth-order valence-electron chi connectivity index (χ4n) is 3.76. The van der Waals surface area contributed by atoms with Gasteiger partial charge in [0, 0.05) is 6.07 Å². The van der Waals surface area contributed by atoms with Crippen LogP contribution in [0.15, 0.2) is 51.8 Å². The second-order valence-electron chi connectivity index (χ2n) is 7.21. The lowest BCUT2D eigenvalue weighted by Gasteiger charge is -2.31. The van der Waals surface area contributed by atoms with Crippen molar-refractivity contribution in [3.63, 3.8) is 0 Å². The average Bonchev–Trinajstić information content (AvgIpc) is 3.16. The fourth-order valence-corrected chi connectivity index (χ4v) is 5.22. The maximum atomic E-state index is 13.0. The van der Waals surface area contributed by atoms with Crippen LogP contribution < -0.4 is 14.4 Å². The lowest BCUT2D eigenvalue weighted by Crippen LogP contribution is -3.13. The number of hydrogen-bond acceptors (Lipinski definition) is 6. The molecule has 1 fully saturated rings. The number of oxazole rings is 1. The van der Waals surface area contributed by atoms with Gasteiger partial charge >= 0.3 is 0 Å². The SMILES string of the molecule is O=S(=O)(c1ccc2c(c1)OCCO2)N1CC[NH+](Cc2nc3ccccc3o2)CC1. The quantitative estimate of drug-likeness (QED) is 0.674. The van der Waals surface area contributed by atoms with Crippen LogP contribution in [-0.2, 0) is 16.6 Å². The summed E-state index contributed by atoms with van der Waals surface area (Å²) in [7, 11) is -3.57. The van der Waals surface area contributed by atoms with Crippen LogP contribution in [0.1, 0.15) is 5.89 Å². The standard InChI is InChI=1S/C20H21N3O5S/c24-29(25,15-5-6-18-19(13-15)27-12-11-26-18)23-9-7-22(8-10-23)14-20-21-16-3-1-2-4-17(16)28-20/h1-6,13H,7-12,14H2/p+1. The molecule has 0 radical (unpaired) electrons. The summed E-state index contributed by atoms with van der Waals surface area (Å²) in [6.07, 6.45) is 0. The molecule has 1 N–H and O–H groups in total. The molecule has 2 aliphatic rings. The minimum atomic E-state index is -3.57. The van der Waals surface area contributed by atoms with Crippen LogP contribution in [0.25, 0.3) is 11.1 Å². The molecule has 2 aromatic carbocycles. The van der Waals surface area contributed by atoms with Gasteiger partial charge in [-0.1, -0.05) is 12.1 Å². The zero-order valence-electron chi connectivity index (χ0n) is 15.8. The van der Waals surface area contributed by atoms with Gasteiger partial charge in [-0.25, -0.2) is 13.4 Å². The molecule has 9 heteroatoms. The lowest BCUT2D eigenvalue weighted by molar-refractivity contribution is -0.918. The number of piperazine rings is 1. The largest absolute Gasteiger partial charge is 0.486 e. The van der Waals surface area contributed by atoms with Crippen molar-refractivity contribution in [2.24, 2.45) is 0 Å². The molecule has 2 aliphatic heterocycles. The summed E-state index contributed by atoms with van der Waals surface area (Å²) in [5, 5.41) is 0. The van der Waals surface area contributed by atoms with Crippen molar-refractivity contribution < 1.29 is 27.2 Å². The Hall–Kier alpha value is -2.62. The van der Waals surface area contributed by atoms with Crippen molar-refractivity contribution in [1.29, 1.82) is 0 Å². The summed E-state index contributed by atoms with van der Waals surface area (Å²) in [6.45, 7) is 3.84. The number of nitrogens with zero attached hydrogens (tertiary/aromatic N) is 2. The zero-order valence-corrected chi connectivity index (χ0v) is 16.7. The van der Waals surface area contributed by atoms with E-state index in [9.17, 15) is 8.42 Å². The van der Waals surface area contributed by atoms with Crippen molar-refractivity contribution in [2.45, 2.75) is 11.4 Å². The van der Waals surface area contributed by atoms with Crippen LogP contribution in [0.5, 0.6) is 11.5 Å². The maximum Gasteiger partial charge on any atom is 0.251 e. The van der Waals surface area contributed by atoms with E-state index in [0.29, 0.717) is 63.3 Å². The molecule has 152 valence electrons. The minimum Gasteiger partial charge on any atom is -0.486 e. The number of nitrogens with one attached hydrogen (secondary N) is 1. The molecule has 0 saturated carbocycles. The van der Waals surface area contributed by atoms with E-state index in [0.717, 1.165) is 11.1 Å². The molecule has 29 heavy (non-hydrogen) atoms. The van der Waals surface area contributed by atoms with Gasteiger partial charge in [0.05, 0.1) is 31.1 Å². The second kappa shape index (κ2) is 7.33. The van der Waals surface area contributed by atoms with Crippen LogP contribution in [0, 0.1) is 0 Å². The Bertz CT molecular complexity index is 1100. The highest BCUT2D eigenvalue weighted by atomic mass is 32.2. The molecule has 8 nitrogen and oxygen atoms in total. The van der Waals surface area contributed by atoms with Gasteiger partial charge in [0.2, 0.25) is 10.0 Å². The number of ether oxygens (including phenoxy) is 2. The number of fused-ring (bicyclic) bond motifs is 2. The topological polar surface area (TPSA) is 86.3 Å². The first kappa shape index (κ1) is 18.4. The third kappa shape index (κ3) is 3.57. The van der Waals surface area contributed by atoms with Gasteiger partial charge in [0.15, 0.2) is 23.6 Å². The minimum absolute atomic E-state index is 0.240. The molecular formula is C20H22N3O5S+. The monoisotopic (exact) mass is 416 g/mol. The first-order valence-corrected chi connectivity index (χ1v) is 11.1. The Morgan fingerprint density at radius 1 is 1.00 bits per heavy atom. The van der Waals surface area contributed by atoms with Crippen LogP contribution in [0.4, 0.5) is 0 Å². The van der Waals surface area contributed by atoms with E-state index < -0.39 is 10.0 Å². The molecule has 0 amide bonds. The van der Waals surface area contributed by atoms with Gasteiger partial charge in [-0.15, -0.1) is 0 Å². The maximum absolute atomic E-state index is 13.0. The Kier molecular flexibility index (Phi) is 4.65. The molecule has 0 atom stereocenters. The Morgan fingerprint density at radius 3 is 2.55 bits per heavy atom. The molecule has 1 saturated heterocycles. The highest BCUT2D eigenvalue weighted by Gasteiger charge is 2.32. The molecule has 0 aliphatic carbocycles. The van der Waals surface area contributed by atoms with Crippen LogP contribution in [0.2, 0.25) is 0 Å². The highest BCUT2D eigenvalue weighted by Crippen LogP contribution is 2.33. The Morgan fingerprint density at radius 2 is 1.76 bits per heavy atom. The third-order valence-electron chi connectivity index (χ3n) is 5.32. The van der Waals surface area contributed by atoms with Crippen molar-refractivity contribution in [3.05, 3.63) is 48.4 Å². The van der Waals surface area contributed by atoms with Crippen LogP contribution in [-0.4, -0.2) is 57.1 Å². The van der Waals surface area contributed by atoms with Crippen molar-refractivity contribution in [3.8, 4) is 11.5 Å². The molecular weight excluding hydrogens is 394 g/mol. The number of rotatable bonds is 4. The van der Waals surface area contributed by atoms with Crippen molar-refractivity contribution in [1.82, 2.24) is 9.29 Å². The van der Waals surface area contributed by atoms with Gasteiger partial charge < -0.3 is 18.8 Å². The lowest BCUT2D eigenvalue weighted by atomic mass is 10.3. The fraction of sp³-hybridized carbons (Fsp3) is 0.350. The molecule has 0 bridgehead atoms. The molecule has 3 heterocycles. The summed E-state index contributed by atoms with van der Waals surface area (Å²) in [5.41, 5.74) is 1.63. The van der Waals surface area contributed by atoms with Gasteiger partial charge in [-0.3, -0.25) is 0 Å². The first-order chi connectivity index (χ1) is 14.1. The molecule has 5 rings (SSSR count). The van der Waals surface area contributed by atoms with E-state index in [2.05, 4.69) is 4.98 Å². The van der Waals surface area contributed by atoms with Crippen molar-refractivity contribution >= 4 is 21.1 Å². The smallest absolute Gasteiger partial charge is 0.251 e. The number of para-hydroxylation sites is 2. The van der Waals surface area contributed by atoms with Crippen molar-refractivity contribution in [2.75, 3.05) is 39.4 Å². The molecule has 0 unspecified atom stereocenters. The van der Waals surface area contributed by atoms with Crippen LogP contribution >= 0.6 is 0 Å². The summed E-state index contributed by atoms with van der Waals surface area (Å²) in [5.74, 6) is 1.75. The average molecular weight is 416 g/mol. The summed E-state index contributed by atoms with van der Waals surface area (Å²) in [4.78, 5) is 6.01. The molecule has 3 aromatic rings. The molecule has 0 spiro atoms. The Balaban J connectivity index is 1.26. The van der Waals surface area contributed by atoms with Gasteiger partial charge in [0.1, 0.15) is 18.7 Å². The van der Waals surface area contributed by atoms with Gasteiger partial charge in [-0.05, 0) is 24.3 Å². The summed E-state index contributed by atoms with van der Waals surface area (Å²) >= 11 is 0. The number of quaternary nitrogens is 1. The first-order valence-electron chi connectivity index (χ1n) is 9.67. The summed E-state index contributed by atoms with van der Waals surface area (Å²) < 4.78 is 44.4. The van der Waals surface area contributed by atoms with E-state index in [4.69, 9.17) is 13.9 Å². The predicted molar refractivity (Wildman–Crippen MR) is 105 cm³/mol. The van der Waals surface area contributed by atoms with E-state index in [1.165, 1.54) is 9.21 Å².